The fourth-order valence-corrected chi connectivity index (χ4v) is 1.21. The minimum atomic E-state index is -3.77. The van der Waals surface area contributed by atoms with Crippen molar-refractivity contribution in [2.24, 2.45) is 0 Å². The molecule has 1 rings (SSSR count). The van der Waals surface area contributed by atoms with Crippen molar-refractivity contribution in [1.29, 1.82) is 0 Å². The summed E-state index contributed by atoms with van der Waals surface area (Å²) in [5.41, 5.74) is 0.984. The number of sulfonamides is 1. The van der Waals surface area contributed by atoms with Crippen LogP contribution in [0.15, 0.2) is 29.2 Å². The van der Waals surface area contributed by atoms with Gasteiger partial charge in [0.1, 0.15) is 0 Å². The van der Waals surface area contributed by atoms with Crippen molar-refractivity contribution in [3.63, 3.8) is 0 Å². The Bertz CT molecular complexity index is 350. The standard InChI is InChI=1S/C7H8NO2S.Na.3H2O/c1-6-2-4-7(5-3-6)11(8,9)10;;;;/h2-5H,1H3,(H-,8,9,10);;3*1H2/q-1;+1;;;. The molecule has 15 heavy (non-hydrogen) atoms. The van der Waals surface area contributed by atoms with E-state index in [4.69, 9.17) is 5.14 Å². The van der Waals surface area contributed by atoms with E-state index in [1.165, 1.54) is 12.1 Å². The van der Waals surface area contributed by atoms with Gasteiger partial charge in [-0.2, -0.15) is 0 Å². The van der Waals surface area contributed by atoms with Crippen molar-refractivity contribution < 1.29 is 54.4 Å². The predicted octanol–water partition coefficient (Wildman–Crippen LogP) is -3.73. The van der Waals surface area contributed by atoms with E-state index in [0.717, 1.165) is 5.56 Å². The molecule has 0 saturated carbocycles. The van der Waals surface area contributed by atoms with Crippen LogP contribution in [0.3, 0.4) is 0 Å². The summed E-state index contributed by atoms with van der Waals surface area (Å²) in [6.45, 7) is 1.86. The molecule has 0 radical (unpaired) electrons. The third-order valence-electron chi connectivity index (χ3n) is 1.33. The predicted molar refractivity (Wildman–Crippen MR) is 53.5 cm³/mol. The average Bonchev–Trinajstić information content (AvgIpc) is 1.86. The largest absolute Gasteiger partial charge is 1.00 e. The van der Waals surface area contributed by atoms with Gasteiger partial charge in [0.25, 0.3) is 0 Å². The van der Waals surface area contributed by atoms with Crippen LogP contribution in [0.2, 0.25) is 0 Å². The molecule has 7 N–H and O–H groups in total. The average molecular weight is 247 g/mol. The van der Waals surface area contributed by atoms with E-state index in [1.54, 1.807) is 12.1 Å². The molecule has 0 fully saturated rings. The van der Waals surface area contributed by atoms with E-state index in [2.05, 4.69) is 0 Å². The van der Waals surface area contributed by atoms with Crippen molar-refractivity contribution >= 4 is 10.0 Å². The smallest absolute Gasteiger partial charge is 0.560 e. The van der Waals surface area contributed by atoms with Crippen LogP contribution in [0.1, 0.15) is 5.56 Å². The van der Waals surface area contributed by atoms with Crippen LogP contribution in [0.4, 0.5) is 0 Å². The molecular weight excluding hydrogens is 233 g/mol. The number of hydrogen-bond donors (Lipinski definition) is 0. The monoisotopic (exact) mass is 247 g/mol. The molecule has 0 aromatic heterocycles. The first-order valence-corrected chi connectivity index (χ1v) is 4.55. The summed E-state index contributed by atoms with van der Waals surface area (Å²) in [4.78, 5) is 0.0445. The fourth-order valence-electron chi connectivity index (χ4n) is 0.717. The van der Waals surface area contributed by atoms with E-state index in [1.807, 2.05) is 6.92 Å². The van der Waals surface area contributed by atoms with Gasteiger partial charge in [-0.25, -0.2) is 8.42 Å². The second-order valence-corrected chi connectivity index (χ2v) is 3.79. The Morgan fingerprint density at radius 2 is 1.33 bits per heavy atom. The maximum Gasteiger partial charge on any atom is 1.00 e. The fraction of sp³-hybridized carbons (Fsp3) is 0.143. The van der Waals surface area contributed by atoms with Crippen molar-refractivity contribution in [2.75, 3.05) is 0 Å². The quantitative estimate of drug-likeness (QED) is 0.468. The van der Waals surface area contributed by atoms with Crippen LogP contribution in [0.5, 0.6) is 0 Å². The zero-order chi connectivity index (χ0) is 8.48. The summed E-state index contributed by atoms with van der Waals surface area (Å²) in [7, 11) is -3.77. The molecule has 0 spiro atoms. The SMILES string of the molecule is Cc1ccc(S([NH-])(=O)=O)cc1.O.O.O.[Na+]. The number of nitrogens with one attached hydrogen (secondary N) is 1. The summed E-state index contributed by atoms with van der Waals surface area (Å²) in [6.07, 6.45) is 0. The maximum absolute atomic E-state index is 10.6. The molecule has 0 aliphatic heterocycles. The summed E-state index contributed by atoms with van der Waals surface area (Å²) in [5.74, 6) is 0. The molecule has 0 heterocycles. The van der Waals surface area contributed by atoms with Gasteiger partial charge in [0, 0.05) is 4.90 Å². The van der Waals surface area contributed by atoms with Crippen molar-refractivity contribution in [3.05, 3.63) is 35.0 Å². The van der Waals surface area contributed by atoms with Crippen LogP contribution in [0, 0.1) is 6.92 Å². The normalized spacial score (nSPS) is 8.40. The molecule has 1 aromatic carbocycles. The Hall–Kier alpha value is 0.01000. The van der Waals surface area contributed by atoms with Gasteiger partial charge < -0.3 is 21.6 Å². The molecule has 84 valence electrons. The van der Waals surface area contributed by atoms with Gasteiger partial charge in [0.05, 0.1) is 10.0 Å². The van der Waals surface area contributed by atoms with Gasteiger partial charge in [-0.05, 0) is 19.1 Å². The van der Waals surface area contributed by atoms with Gasteiger partial charge in [-0.3, -0.25) is 0 Å². The Kier molecular flexibility index (Phi) is 15.0. The van der Waals surface area contributed by atoms with Crippen molar-refractivity contribution in [2.45, 2.75) is 11.8 Å². The van der Waals surface area contributed by atoms with Gasteiger partial charge >= 0.3 is 29.6 Å². The summed E-state index contributed by atoms with van der Waals surface area (Å²) in [5, 5.41) is 6.72. The molecule has 8 heteroatoms. The molecular formula is C7H14NNaO5S. The van der Waals surface area contributed by atoms with E-state index in [9.17, 15) is 8.42 Å². The van der Waals surface area contributed by atoms with Gasteiger partial charge in [-0.15, -0.1) is 0 Å². The van der Waals surface area contributed by atoms with E-state index < -0.39 is 10.0 Å². The molecule has 0 atom stereocenters. The van der Waals surface area contributed by atoms with Crippen LogP contribution in [0.25, 0.3) is 5.14 Å². The zero-order valence-electron chi connectivity index (χ0n) is 8.53. The minimum Gasteiger partial charge on any atom is -0.560 e. The molecule has 0 amide bonds. The first-order valence-electron chi connectivity index (χ1n) is 3.06. The Labute approximate surface area is 111 Å². The van der Waals surface area contributed by atoms with E-state index in [-0.39, 0.29) is 50.9 Å². The van der Waals surface area contributed by atoms with E-state index in [0.29, 0.717) is 0 Å². The Balaban J connectivity index is -0.000000151. The van der Waals surface area contributed by atoms with Crippen molar-refractivity contribution in [3.8, 4) is 0 Å². The maximum atomic E-state index is 10.6. The summed E-state index contributed by atoms with van der Waals surface area (Å²) in [6, 6.07) is 6.19. The molecule has 0 bridgehead atoms. The second-order valence-electron chi connectivity index (χ2n) is 2.32. The zero-order valence-corrected chi connectivity index (χ0v) is 11.4. The van der Waals surface area contributed by atoms with Gasteiger partial charge in [0.15, 0.2) is 0 Å². The van der Waals surface area contributed by atoms with E-state index >= 15 is 0 Å². The first-order chi connectivity index (χ1) is 5.00. The number of benzene rings is 1. The molecule has 6 nitrogen and oxygen atoms in total. The molecule has 0 aliphatic carbocycles. The Morgan fingerprint density at radius 1 is 1.00 bits per heavy atom. The van der Waals surface area contributed by atoms with Crippen LogP contribution in [-0.4, -0.2) is 24.8 Å². The Morgan fingerprint density at radius 3 is 1.60 bits per heavy atom. The molecule has 0 aliphatic rings. The van der Waals surface area contributed by atoms with Crippen LogP contribution < -0.4 is 29.6 Å². The van der Waals surface area contributed by atoms with Gasteiger partial charge in [-0.1, -0.05) is 17.7 Å². The number of rotatable bonds is 1. The van der Waals surface area contributed by atoms with Crippen LogP contribution in [-0.2, 0) is 10.0 Å². The number of aryl methyl sites for hydroxylation is 1. The number of hydrogen-bond acceptors (Lipinski definition) is 2. The molecule has 1 aromatic rings. The summed E-state index contributed by atoms with van der Waals surface area (Å²) >= 11 is 0. The second kappa shape index (κ2) is 9.25. The first kappa shape index (κ1) is 24.3. The topological polar surface area (TPSA) is 152 Å². The molecule has 0 saturated heterocycles. The van der Waals surface area contributed by atoms with Crippen molar-refractivity contribution in [1.82, 2.24) is 0 Å². The third-order valence-corrected chi connectivity index (χ3v) is 2.22. The molecule has 0 unspecified atom stereocenters. The minimum absolute atomic E-state index is 0. The van der Waals surface area contributed by atoms with Crippen LogP contribution >= 0.6 is 0 Å². The third kappa shape index (κ3) is 7.88. The van der Waals surface area contributed by atoms with Gasteiger partial charge in [0.2, 0.25) is 0 Å². The summed E-state index contributed by atoms with van der Waals surface area (Å²) < 4.78 is 21.2.